The average Bonchev–Trinajstić information content (AvgIpc) is 2.68. The Morgan fingerprint density at radius 1 is 1.07 bits per heavy atom. The summed E-state index contributed by atoms with van der Waals surface area (Å²) in [6.45, 7) is 7.47. The van der Waals surface area contributed by atoms with E-state index in [1.54, 1.807) is 0 Å². The molecule has 1 aromatic rings. The molecule has 0 spiro atoms. The van der Waals surface area contributed by atoms with Crippen LogP contribution in [0.5, 0.6) is 0 Å². The van der Waals surface area contributed by atoms with Crippen LogP contribution in [0.1, 0.15) is 82.6 Å². The van der Waals surface area contributed by atoms with E-state index in [0.29, 0.717) is 0 Å². The minimum atomic E-state index is -0.928. The monoisotopic (exact) mass is 500 g/mol. The highest BCUT2D eigenvalue weighted by atomic mass is 127. The summed E-state index contributed by atoms with van der Waals surface area (Å²) in [5.41, 5.74) is 1.48. The third-order valence-electron chi connectivity index (χ3n) is 6.37. The fourth-order valence-corrected chi connectivity index (χ4v) is 6.79. The van der Waals surface area contributed by atoms with Gasteiger partial charge in [-0.05, 0) is 30.4 Å². The first-order valence-electron chi connectivity index (χ1n) is 11.2. The van der Waals surface area contributed by atoms with E-state index >= 15 is 0 Å². The highest BCUT2D eigenvalue weighted by Crippen LogP contribution is 2.35. The molecule has 0 aliphatic heterocycles. The number of halogens is 1. The molecule has 2 nitrogen and oxygen atoms in total. The predicted octanol–water partition coefficient (Wildman–Crippen LogP) is 7.87. The van der Waals surface area contributed by atoms with Crippen LogP contribution in [-0.4, -0.2) is 13.1 Å². The van der Waals surface area contributed by atoms with Crippen molar-refractivity contribution >= 4 is 30.9 Å². The minimum Gasteiger partial charge on any atom is -0.264 e. The summed E-state index contributed by atoms with van der Waals surface area (Å²) in [5.74, 6) is 1.01. The fraction of sp³-hybridized carbons (Fsp3) is 0.783. The maximum atomic E-state index is 4.43. The molecule has 1 aliphatic rings. The average molecular weight is 501 g/mol. The van der Waals surface area contributed by atoms with Gasteiger partial charge in [0.25, 0.3) is 0 Å². The van der Waals surface area contributed by atoms with Gasteiger partial charge in [0.2, 0.25) is 0 Å². The first kappa shape index (κ1) is 23.3. The number of pyridine rings is 1. The predicted molar refractivity (Wildman–Crippen MR) is 130 cm³/mol. The van der Waals surface area contributed by atoms with E-state index in [4.69, 9.17) is 0 Å². The zero-order valence-electron chi connectivity index (χ0n) is 17.9. The molecular weight excluding hydrogens is 459 g/mol. The van der Waals surface area contributed by atoms with Crippen LogP contribution in [-0.2, 0) is 5.54 Å². The second-order valence-corrected chi connectivity index (χ2v) is 16.1. The Morgan fingerprint density at radius 2 is 1.78 bits per heavy atom. The molecule has 1 aliphatic carbocycles. The zero-order chi connectivity index (χ0) is 19.6. The van der Waals surface area contributed by atoms with Gasteiger partial charge in [0.05, 0.1) is 5.54 Å². The molecule has 0 saturated heterocycles. The van der Waals surface area contributed by atoms with Crippen LogP contribution in [0, 0.1) is 5.92 Å². The molecule has 0 radical (unpaired) electrons. The lowest BCUT2D eigenvalue weighted by atomic mass is 9.81. The maximum absolute atomic E-state index is 4.43. The normalized spacial score (nSPS) is 18.4. The van der Waals surface area contributed by atoms with E-state index < -0.39 is 8.07 Å². The molecule has 1 saturated carbocycles. The highest BCUT2D eigenvalue weighted by Gasteiger charge is 2.30. The lowest BCUT2D eigenvalue weighted by molar-refractivity contribution is 0.301. The van der Waals surface area contributed by atoms with Crippen LogP contribution in [0.4, 0.5) is 0 Å². The molecule has 1 unspecified atom stereocenters. The van der Waals surface area contributed by atoms with Gasteiger partial charge >= 0.3 is 0 Å². The van der Waals surface area contributed by atoms with Gasteiger partial charge < -0.3 is 0 Å². The van der Waals surface area contributed by atoms with Crippen molar-refractivity contribution < 1.29 is 0 Å². The molecule has 1 atom stereocenters. The second kappa shape index (κ2) is 11.9. The van der Waals surface area contributed by atoms with Gasteiger partial charge in [-0.25, -0.2) is 0 Å². The maximum Gasteiger partial charge on any atom is 0.0539 e. The molecule has 1 fully saturated rings. The van der Waals surface area contributed by atoms with Crippen molar-refractivity contribution in [3.63, 3.8) is 0 Å². The second-order valence-electron chi connectivity index (χ2n) is 9.94. The van der Waals surface area contributed by atoms with Crippen molar-refractivity contribution in [1.82, 2.24) is 8.51 Å². The summed E-state index contributed by atoms with van der Waals surface area (Å²) >= 11 is 2.40. The topological polar surface area (TPSA) is 24.9 Å². The van der Waals surface area contributed by atoms with Crippen LogP contribution in [0.3, 0.4) is 0 Å². The van der Waals surface area contributed by atoms with Gasteiger partial charge in [0, 0.05) is 43.3 Å². The first-order chi connectivity index (χ1) is 13.0. The van der Waals surface area contributed by atoms with E-state index in [2.05, 4.69) is 69.3 Å². The first-order valence-corrected chi connectivity index (χ1v) is 16.0. The molecule has 2 rings (SSSR count). The minimum absolute atomic E-state index is 0.0980. The van der Waals surface area contributed by atoms with Gasteiger partial charge in [-0.1, -0.05) is 96.0 Å². The molecule has 0 bridgehead atoms. The quantitative estimate of drug-likeness (QED) is 0.137. The number of hydrogen-bond donors (Lipinski definition) is 1. The number of rotatable bonds is 12. The van der Waals surface area contributed by atoms with Crippen molar-refractivity contribution in [3.8, 4) is 0 Å². The van der Waals surface area contributed by atoms with Gasteiger partial charge in [0.15, 0.2) is 0 Å². The molecule has 1 N–H and O–H groups in total. The lowest BCUT2D eigenvalue weighted by Crippen LogP contribution is -2.37. The van der Waals surface area contributed by atoms with Gasteiger partial charge in [-0.3, -0.25) is 8.51 Å². The SMILES string of the molecule is C[Si](C)(C)CCCCC(CCCCC1CCCCC1)(NI)c1cccnc1. The Bertz CT molecular complexity index is 511. The molecule has 27 heavy (non-hydrogen) atoms. The van der Waals surface area contributed by atoms with Crippen LogP contribution in [0.25, 0.3) is 0 Å². The Labute approximate surface area is 183 Å². The summed E-state index contributed by atoms with van der Waals surface area (Å²) in [6, 6.07) is 5.82. The number of aromatic nitrogens is 1. The largest absolute Gasteiger partial charge is 0.264 e. The molecular formula is C23H41IN2Si. The van der Waals surface area contributed by atoms with Crippen LogP contribution in [0.2, 0.25) is 25.7 Å². The van der Waals surface area contributed by atoms with Crippen LogP contribution >= 0.6 is 22.9 Å². The number of hydrogen-bond acceptors (Lipinski definition) is 2. The van der Waals surface area contributed by atoms with Gasteiger partial charge in [-0.2, -0.15) is 0 Å². The zero-order valence-corrected chi connectivity index (χ0v) is 21.1. The summed E-state index contributed by atoms with van der Waals surface area (Å²) in [7, 11) is -0.928. The standard InChI is InChI=1S/C23H41IN2Si/c1-27(2,3)19-10-9-17-23(26-24,22-15-11-18-25-20-22)16-8-7-14-21-12-5-4-6-13-21/h11,15,18,20-21,26H,4-10,12-14,16-17,19H2,1-3H3. The smallest absolute Gasteiger partial charge is 0.0539 e. The summed E-state index contributed by atoms with van der Waals surface area (Å²) in [5, 5.41) is 0. The van der Waals surface area contributed by atoms with Crippen molar-refractivity contribution in [2.45, 2.75) is 108 Å². The van der Waals surface area contributed by atoms with E-state index in [9.17, 15) is 0 Å². The molecule has 154 valence electrons. The number of nitrogens with zero attached hydrogens (tertiary/aromatic N) is 1. The highest BCUT2D eigenvalue weighted by molar-refractivity contribution is 14.1. The fourth-order valence-electron chi connectivity index (χ4n) is 4.63. The van der Waals surface area contributed by atoms with Crippen molar-refractivity contribution in [3.05, 3.63) is 30.1 Å². The van der Waals surface area contributed by atoms with Crippen LogP contribution < -0.4 is 3.53 Å². The van der Waals surface area contributed by atoms with Gasteiger partial charge in [-0.15, -0.1) is 0 Å². The molecule has 0 amide bonds. The summed E-state index contributed by atoms with van der Waals surface area (Å²) in [6.07, 6.45) is 20.7. The number of nitrogens with one attached hydrogen (secondary N) is 1. The third kappa shape index (κ3) is 8.53. The van der Waals surface area contributed by atoms with Crippen molar-refractivity contribution in [2.24, 2.45) is 5.92 Å². The van der Waals surface area contributed by atoms with E-state index in [1.165, 1.54) is 88.7 Å². The molecule has 1 heterocycles. The van der Waals surface area contributed by atoms with E-state index in [1.807, 2.05) is 6.20 Å². The summed E-state index contributed by atoms with van der Waals surface area (Å²) in [4.78, 5) is 4.43. The Balaban J connectivity index is 1.89. The Kier molecular flexibility index (Phi) is 10.3. The van der Waals surface area contributed by atoms with E-state index in [0.717, 1.165) is 5.92 Å². The molecule has 1 aromatic heterocycles. The van der Waals surface area contributed by atoms with Crippen molar-refractivity contribution in [1.29, 1.82) is 0 Å². The number of unbranched alkanes of at least 4 members (excludes halogenated alkanes) is 2. The van der Waals surface area contributed by atoms with E-state index in [-0.39, 0.29) is 5.54 Å². The van der Waals surface area contributed by atoms with Gasteiger partial charge in [0.1, 0.15) is 0 Å². The molecule has 0 aromatic carbocycles. The lowest BCUT2D eigenvalue weighted by Gasteiger charge is -2.34. The Hall–Kier alpha value is 0.0569. The van der Waals surface area contributed by atoms with Crippen molar-refractivity contribution in [2.75, 3.05) is 0 Å². The molecule has 4 heteroatoms. The summed E-state index contributed by atoms with van der Waals surface area (Å²) < 4.78 is 3.71. The Morgan fingerprint density at radius 3 is 2.37 bits per heavy atom. The third-order valence-corrected chi connectivity index (χ3v) is 9.25. The van der Waals surface area contributed by atoms with Crippen LogP contribution in [0.15, 0.2) is 24.5 Å².